The second-order valence-electron chi connectivity index (χ2n) is 33.8. The van der Waals surface area contributed by atoms with Crippen LogP contribution in [0.4, 0.5) is 0 Å². The van der Waals surface area contributed by atoms with Gasteiger partial charge in [0.2, 0.25) is 23.6 Å². The van der Waals surface area contributed by atoms with Crippen molar-refractivity contribution >= 4 is 23.6 Å². The van der Waals surface area contributed by atoms with Crippen LogP contribution in [0.15, 0.2) is 0 Å². The van der Waals surface area contributed by atoms with Crippen molar-refractivity contribution in [2.75, 3.05) is 72.7 Å². The molecule has 11 rings (SSSR count). The van der Waals surface area contributed by atoms with Crippen LogP contribution in [0, 0.1) is 0 Å². The molecule has 0 aromatic rings. The van der Waals surface area contributed by atoms with E-state index in [1.54, 1.807) is 0 Å². The summed E-state index contributed by atoms with van der Waals surface area (Å²) >= 11 is 0. The highest BCUT2D eigenvalue weighted by molar-refractivity contribution is 5.74. The van der Waals surface area contributed by atoms with Gasteiger partial charge in [0, 0.05) is 27.7 Å². The summed E-state index contributed by atoms with van der Waals surface area (Å²) in [6, 6.07) is -7.80. The number of aliphatic hydroxyl groups is 31. The van der Waals surface area contributed by atoms with E-state index in [-0.39, 0.29) is 0 Å². The molecule has 0 radical (unpaired) electrons. The lowest BCUT2D eigenvalue weighted by molar-refractivity contribution is -0.400. The maximum Gasteiger partial charge on any atom is 0.217 e. The van der Waals surface area contributed by atoms with E-state index in [0.717, 1.165) is 27.7 Å². The summed E-state index contributed by atoms with van der Waals surface area (Å²) in [4.78, 5) is 52.0. The molecule has 134 heavy (non-hydrogen) atoms. The van der Waals surface area contributed by atoms with Crippen LogP contribution in [0.3, 0.4) is 0 Å². The molecule has 0 aliphatic carbocycles. The van der Waals surface area contributed by atoms with Crippen LogP contribution in [-0.4, -0.2) is 592 Å². The smallest absolute Gasteiger partial charge is 0.217 e. The van der Waals surface area contributed by atoms with Crippen LogP contribution < -0.4 is 21.3 Å². The standard InChI is InChI=1S/C74H124N4O56/c1-16(89)75-31-42(100)55(26(11-85)115-64(31)113)126-65-32(76-17(2)90)43(101)56(27(12-86)122-65)127-72-54(112)61(132-74-63(47(105)38(96)23(8-82)121-74)134-67-34(78-19(4)92)60(40(98)25(10-84)117-67)131-71-53(111)49(107)58(29(14-88)124-71)129-69-51(109)45(103)36(94)21(6-80)119-69)41(99)30(125-72)15-114-73-62(46(104)37(95)22(7-81)120-73)133-66-33(77-18(3)91)59(39(97)24(9-83)116-66)130-70-52(110)48(106)57(28(13-87)123-70)128-68-50(108)44(102)35(93)20(5-79)118-68/h20-74,79-88,93-113H,5-15H2,1-4H3,(H,75,89)(H,76,90)(H,77,91)(H,78,92)/t20-,21-,22-,23-,24-,25-,26-,27-,28-,29-,30-,31-,32-,33-,34-,35+,36+,37-,38-,39-,40-,41-,42-,43-,44+,45+,46+,47+,48-,49-,50-,51-,52-,53-,54+,55-,56-,57+,58+,59-,60-,61+,62+,63+,64-,65+,66+,67+,68-,69-,70+,71+,72+,73+,74-/m1/s1. The van der Waals surface area contributed by atoms with Crippen LogP contribution in [0.25, 0.3) is 0 Å². The Morgan fingerprint density at radius 2 is 0.418 bits per heavy atom. The first-order valence-corrected chi connectivity index (χ1v) is 42.7. The number of hydrogen-bond acceptors (Lipinski definition) is 56. The van der Waals surface area contributed by atoms with Crippen LogP contribution in [-0.2, 0) is 119 Å². The van der Waals surface area contributed by atoms with Gasteiger partial charge in [-0.25, -0.2) is 0 Å². The Labute approximate surface area is 757 Å². The highest BCUT2D eigenvalue weighted by Crippen LogP contribution is 2.42. The van der Waals surface area contributed by atoms with E-state index >= 15 is 0 Å². The third-order valence-electron chi connectivity index (χ3n) is 24.6. The molecule has 0 unspecified atom stereocenters. The zero-order valence-electron chi connectivity index (χ0n) is 71.6. The van der Waals surface area contributed by atoms with Crippen molar-refractivity contribution in [2.45, 2.75) is 365 Å². The minimum Gasteiger partial charge on any atom is -0.394 e. The monoisotopic (exact) mass is 1960 g/mol. The average Bonchev–Trinajstić information content (AvgIpc) is 0.760. The molecule has 4 amide bonds. The summed E-state index contributed by atoms with van der Waals surface area (Å²) in [5.41, 5.74) is 0. The molecule has 776 valence electrons. The minimum absolute atomic E-state index is 0.818. The van der Waals surface area contributed by atoms with Crippen LogP contribution >= 0.6 is 0 Å². The Balaban J connectivity index is 0.913. The molecule has 35 N–H and O–H groups in total. The predicted octanol–water partition coefficient (Wildman–Crippen LogP) is -24.4. The molecule has 60 heteroatoms. The van der Waals surface area contributed by atoms with E-state index in [9.17, 15) is 177 Å². The van der Waals surface area contributed by atoms with Gasteiger partial charge in [0.1, 0.15) is 268 Å². The van der Waals surface area contributed by atoms with Crippen LogP contribution in [0.1, 0.15) is 27.7 Å². The van der Waals surface area contributed by atoms with Crippen LogP contribution in [0.5, 0.6) is 0 Å². The van der Waals surface area contributed by atoms with Crippen molar-refractivity contribution < 1.29 is 277 Å². The Bertz CT molecular complexity index is 3650. The third-order valence-corrected chi connectivity index (χ3v) is 24.6. The third kappa shape index (κ3) is 24.0. The molecule has 60 nitrogen and oxygen atoms in total. The summed E-state index contributed by atoms with van der Waals surface area (Å²) in [7, 11) is 0. The number of nitrogens with one attached hydrogen (secondary N) is 4. The lowest BCUT2D eigenvalue weighted by Crippen LogP contribution is -2.71. The van der Waals surface area contributed by atoms with E-state index in [0.29, 0.717) is 0 Å². The predicted molar refractivity (Wildman–Crippen MR) is 409 cm³/mol. The number of aliphatic hydroxyl groups excluding tert-OH is 31. The quantitative estimate of drug-likeness (QED) is 0.0280. The maximum absolute atomic E-state index is 13.4. The molecule has 11 aliphatic heterocycles. The van der Waals surface area contributed by atoms with E-state index in [2.05, 4.69) is 21.3 Å². The van der Waals surface area contributed by atoms with Crippen molar-refractivity contribution in [1.29, 1.82) is 0 Å². The Morgan fingerprint density at radius 3 is 0.799 bits per heavy atom. The molecule has 55 atom stereocenters. The fourth-order valence-electron chi connectivity index (χ4n) is 17.4. The van der Waals surface area contributed by atoms with Gasteiger partial charge in [-0.2, -0.15) is 0 Å². The van der Waals surface area contributed by atoms with E-state index in [1.165, 1.54) is 0 Å². The molecule has 11 fully saturated rings. The van der Waals surface area contributed by atoms with Gasteiger partial charge in [0.25, 0.3) is 0 Å². The van der Waals surface area contributed by atoms with Crippen molar-refractivity contribution in [2.24, 2.45) is 0 Å². The number of ether oxygens (including phenoxy) is 21. The summed E-state index contributed by atoms with van der Waals surface area (Å²) in [6.07, 6.45) is -110. The molecular weight excluding hydrogens is 1840 g/mol. The lowest BCUT2D eigenvalue weighted by atomic mass is 9.93. The summed E-state index contributed by atoms with van der Waals surface area (Å²) in [6.45, 7) is -8.98. The van der Waals surface area contributed by atoms with E-state index < -0.39 is 434 Å². The molecule has 11 heterocycles. The number of hydrogen-bond donors (Lipinski definition) is 35. The number of carbonyl (C=O) groups is 4. The first kappa shape index (κ1) is 110. The summed E-state index contributed by atoms with van der Waals surface area (Å²) in [5.74, 6) is -3.87. The molecule has 0 aromatic carbocycles. The summed E-state index contributed by atoms with van der Waals surface area (Å²) in [5, 5.41) is 356. The van der Waals surface area contributed by atoms with Crippen LogP contribution in [0.2, 0.25) is 0 Å². The molecule has 0 spiro atoms. The Hall–Kier alpha value is -4.20. The molecular formula is C74H124N4O56. The van der Waals surface area contributed by atoms with Crippen molar-refractivity contribution in [3.63, 3.8) is 0 Å². The van der Waals surface area contributed by atoms with Crippen molar-refractivity contribution in [3.8, 4) is 0 Å². The normalized spacial score (nSPS) is 49.8. The molecule has 0 saturated carbocycles. The van der Waals surface area contributed by atoms with Gasteiger partial charge < -0.3 is 279 Å². The van der Waals surface area contributed by atoms with Gasteiger partial charge in [-0.05, 0) is 0 Å². The molecule has 0 aromatic heterocycles. The van der Waals surface area contributed by atoms with Crippen molar-refractivity contribution in [3.05, 3.63) is 0 Å². The zero-order chi connectivity index (χ0) is 98.5. The number of carbonyl (C=O) groups excluding carboxylic acids is 4. The fourth-order valence-corrected chi connectivity index (χ4v) is 17.4. The average molecular weight is 1970 g/mol. The molecule has 11 aliphatic rings. The highest BCUT2D eigenvalue weighted by Gasteiger charge is 2.63. The minimum atomic E-state index is -2.67. The first-order chi connectivity index (χ1) is 63.5. The molecule has 0 bridgehead atoms. The first-order valence-electron chi connectivity index (χ1n) is 42.7. The van der Waals surface area contributed by atoms with Gasteiger partial charge in [0.05, 0.1) is 72.7 Å². The number of rotatable bonds is 35. The Kier molecular flexibility index (Phi) is 39.7. The topological polar surface area (TPSA) is 937 Å². The highest BCUT2D eigenvalue weighted by atomic mass is 16.8. The zero-order valence-corrected chi connectivity index (χ0v) is 71.6. The van der Waals surface area contributed by atoms with E-state index in [1.807, 2.05) is 0 Å². The van der Waals surface area contributed by atoms with Gasteiger partial charge in [0.15, 0.2) is 69.2 Å². The van der Waals surface area contributed by atoms with Gasteiger partial charge >= 0.3 is 0 Å². The second kappa shape index (κ2) is 48.3. The fraction of sp³-hybridized carbons (Fsp3) is 0.946. The molecule has 11 saturated heterocycles. The summed E-state index contributed by atoms with van der Waals surface area (Å²) < 4.78 is 125. The van der Waals surface area contributed by atoms with Gasteiger partial charge in [-0.1, -0.05) is 0 Å². The van der Waals surface area contributed by atoms with Gasteiger partial charge in [-0.3, -0.25) is 19.2 Å². The maximum atomic E-state index is 13.4. The van der Waals surface area contributed by atoms with Gasteiger partial charge in [-0.15, -0.1) is 0 Å². The second-order valence-corrected chi connectivity index (χ2v) is 33.8. The SMILES string of the molecule is CC(=O)N[C@@H]1[C@@H](O)[C@H](O[C@@H]2O[C@H](CO)[C@@H](O[C@@H]3O[C@H](CO[C@H]4O[C@H](CO)[C@@H](O)[C@H](O)[C@@H]4O[C@@H]4O[C@H](CO)[C@@H](O)[C@H](O[C@@H]5O[C@H](CO)[C@H](O[C@H]6O[C@H](CO)[C@H](O)[C@H](O)[C@H]6O)[C@H](O)[C@H]5O)[C@H]4NC(C)=O)[C@@H](O)[C@H](O[C@H]4O[C@H](CO)[C@@H](O)[C@H](O)[C@@H]4O[C@@H]4O[C@H](CO)[C@@H](O)[C@H](O[C@@H]5O[C@H](CO)[C@H](O[C@H]6O[C@H](CO)[C@H](O)[C@H](O)[C@H]6O)[C@H](O)[C@H]5O)[C@H]4NC(C)=O)[C@@H]3O)[C@H](O)[C@H]2NC(C)=O)[C@@H](CO)O[C@H]1O. The van der Waals surface area contributed by atoms with Crippen molar-refractivity contribution in [1.82, 2.24) is 21.3 Å². The van der Waals surface area contributed by atoms with E-state index in [4.69, 9.17) is 99.5 Å². The Morgan fingerprint density at radius 1 is 0.194 bits per heavy atom. The number of amides is 4. The largest absolute Gasteiger partial charge is 0.394 e. The lowest BCUT2D eigenvalue weighted by Gasteiger charge is -2.51.